The number of likely N-dealkylation sites (tertiary alicyclic amines) is 1. The van der Waals surface area contributed by atoms with Gasteiger partial charge in [0.25, 0.3) is 5.91 Å². The van der Waals surface area contributed by atoms with Crippen molar-refractivity contribution >= 4 is 29.1 Å². The Morgan fingerprint density at radius 1 is 1.31 bits per heavy atom. The van der Waals surface area contributed by atoms with Gasteiger partial charge in [-0.25, -0.2) is 9.88 Å². The maximum atomic E-state index is 12.8. The molecule has 1 aromatic carbocycles. The van der Waals surface area contributed by atoms with Gasteiger partial charge in [-0.15, -0.1) is 11.3 Å². The summed E-state index contributed by atoms with van der Waals surface area (Å²) in [5.74, 6) is -0.743. The van der Waals surface area contributed by atoms with Crippen molar-refractivity contribution < 1.29 is 19.1 Å². The normalized spacial score (nSPS) is 14.2. The van der Waals surface area contributed by atoms with Crippen LogP contribution in [0, 0.1) is 24.2 Å². The number of aromatic nitrogens is 1. The molecule has 1 aliphatic heterocycles. The molecule has 3 amide bonds. The highest BCUT2D eigenvalue weighted by Gasteiger charge is 2.34. The summed E-state index contributed by atoms with van der Waals surface area (Å²) in [7, 11) is 0. The Labute approximate surface area is 172 Å². The Morgan fingerprint density at radius 3 is 2.62 bits per heavy atom. The number of carbonyl (C=O) groups excluding carboxylic acids is 3. The fourth-order valence-corrected chi connectivity index (χ4v) is 3.93. The molecule has 0 bridgehead atoms. The number of hydrogen-bond donors (Lipinski definition) is 0. The van der Waals surface area contributed by atoms with Crippen LogP contribution < -0.4 is 4.74 Å². The van der Waals surface area contributed by atoms with E-state index in [-0.39, 0.29) is 17.7 Å². The summed E-state index contributed by atoms with van der Waals surface area (Å²) in [6, 6.07) is 7.28. The molecule has 8 heteroatoms. The van der Waals surface area contributed by atoms with Gasteiger partial charge in [0.1, 0.15) is 21.7 Å². The Morgan fingerprint density at radius 2 is 2.00 bits per heavy atom. The second-order valence-electron chi connectivity index (χ2n) is 7.24. The first-order valence-electron chi connectivity index (χ1n) is 9.36. The molecule has 0 radical (unpaired) electrons. The first-order chi connectivity index (χ1) is 13.8. The van der Waals surface area contributed by atoms with E-state index >= 15 is 0 Å². The molecule has 29 heavy (non-hydrogen) atoms. The topological polar surface area (TPSA) is 100 Å². The third kappa shape index (κ3) is 4.35. The number of nitriles is 1. The van der Waals surface area contributed by atoms with Gasteiger partial charge < -0.3 is 4.74 Å². The summed E-state index contributed by atoms with van der Waals surface area (Å²) < 4.78 is 5.68. The van der Waals surface area contributed by atoms with Crippen molar-refractivity contribution in [1.29, 1.82) is 5.26 Å². The number of hydrogen-bond acceptors (Lipinski definition) is 7. The number of benzene rings is 1. The number of ether oxygens (including phenoxy) is 1. The predicted molar refractivity (Wildman–Crippen MR) is 107 cm³/mol. The van der Waals surface area contributed by atoms with E-state index in [1.165, 1.54) is 0 Å². The Kier molecular flexibility index (Phi) is 6.09. The third-order valence-corrected chi connectivity index (χ3v) is 5.59. The molecular formula is C21H21N3O4S. The van der Waals surface area contributed by atoms with Gasteiger partial charge in [-0.05, 0) is 37.5 Å². The highest BCUT2D eigenvalue weighted by molar-refractivity contribution is 7.17. The number of amides is 3. The minimum atomic E-state index is -0.627. The second kappa shape index (κ2) is 8.53. The zero-order chi connectivity index (χ0) is 21.1. The van der Waals surface area contributed by atoms with Crippen molar-refractivity contribution in [1.82, 2.24) is 9.88 Å². The monoisotopic (exact) mass is 411 g/mol. The average Bonchev–Trinajstić information content (AvgIpc) is 3.07. The zero-order valence-corrected chi connectivity index (χ0v) is 17.3. The van der Waals surface area contributed by atoms with E-state index in [1.807, 2.05) is 13.8 Å². The molecule has 1 aliphatic rings. The van der Waals surface area contributed by atoms with Crippen molar-refractivity contribution in [3.05, 3.63) is 34.3 Å². The van der Waals surface area contributed by atoms with Crippen LogP contribution in [-0.2, 0) is 9.59 Å². The van der Waals surface area contributed by atoms with E-state index in [0.29, 0.717) is 46.5 Å². The van der Waals surface area contributed by atoms with Crippen LogP contribution in [0.5, 0.6) is 5.75 Å². The molecule has 1 fully saturated rings. The lowest BCUT2D eigenvalue weighted by Crippen LogP contribution is -2.44. The van der Waals surface area contributed by atoms with Gasteiger partial charge in [0.05, 0.1) is 17.9 Å². The lowest BCUT2D eigenvalue weighted by molar-refractivity contribution is -0.144. The van der Waals surface area contributed by atoms with Crippen molar-refractivity contribution in [2.45, 2.75) is 40.0 Å². The molecule has 0 aliphatic carbocycles. The van der Waals surface area contributed by atoms with Gasteiger partial charge in [0.2, 0.25) is 11.8 Å². The number of imide groups is 3. The summed E-state index contributed by atoms with van der Waals surface area (Å²) in [4.78, 5) is 42.3. The third-order valence-electron chi connectivity index (χ3n) is 4.39. The molecule has 2 aromatic rings. The van der Waals surface area contributed by atoms with E-state index in [9.17, 15) is 19.6 Å². The van der Waals surface area contributed by atoms with Crippen LogP contribution >= 0.6 is 11.3 Å². The number of nitrogens with zero attached hydrogens (tertiary/aromatic N) is 3. The molecule has 0 unspecified atom stereocenters. The van der Waals surface area contributed by atoms with Crippen molar-refractivity contribution in [2.75, 3.05) is 6.61 Å². The van der Waals surface area contributed by atoms with Crippen LogP contribution in [0.4, 0.5) is 0 Å². The predicted octanol–water partition coefficient (Wildman–Crippen LogP) is 3.70. The number of thiazole rings is 1. The number of aryl methyl sites for hydroxylation is 1. The van der Waals surface area contributed by atoms with Gasteiger partial charge in [-0.1, -0.05) is 13.8 Å². The highest BCUT2D eigenvalue weighted by atomic mass is 32.1. The second-order valence-corrected chi connectivity index (χ2v) is 8.24. The summed E-state index contributed by atoms with van der Waals surface area (Å²) in [6.45, 7) is 6.21. The number of piperidine rings is 1. The molecule has 3 rings (SSSR count). The molecule has 2 heterocycles. The highest BCUT2D eigenvalue weighted by Crippen LogP contribution is 2.32. The minimum absolute atomic E-state index is 0.186. The SMILES string of the molecule is Cc1nc(-c2ccc(OCC(C)C)c(C#N)c2)sc1C(=O)N1C(=O)CCCC1=O. The smallest absolute Gasteiger partial charge is 0.279 e. The van der Waals surface area contributed by atoms with E-state index in [0.717, 1.165) is 16.2 Å². The van der Waals surface area contributed by atoms with Gasteiger partial charge >= 0.3 is 0 Å². The van der Waals surface area contributed by atoms with Crippen molar-refractivity contribution in [2.24, 2.45) is 5.92 Å². The fourth-order valence-electron chi connectivity index (χ4n) is 2.93. The molecule has 150 valence electrons. The van der Waals surface area contributed by atoms with Crippen LogP contribution in [-0.4, -0.2) is 34.2 Å². The first-order valence-corrected chi connectivity index (χ1v) is 10.2. The van der Waals surface area contributed by atoms with Crippen LogP contribution in [0.2, 0.25) is 0 Å². The standard InChI is InChI=1S/C21H21N3O4S/c1-12(2)11-28-16-8-7-14(9-15(16)10-22)20-23-13(3)19(29-20)21(27)24-17(25)5-4-6-18(24)26/h7-9,12H,4-6,11H2,1-3H3. The number of rotatable bonds is 5. The van der Waals surface area contributed by atoms with E-state index in [1.54, 1.807) is 25.1 Å². The van der Waals surface area contributed by atoms with Gasteiger partial charge in [0.15, 0.2) is 0 Å². The molecule has 0 spiro atoms. The fraction of sp³-hybridized carbons (Fsp3) is 0.381. The van der Waals surface area contributed by atoms with Crippen LogP contribution in [0.25, 0.3) is 10.6 Å². The summed E-state index contributed by atoms with van der Waals surface area (Å²) in [5.41, 5.74) is 1.49. The summed E-state index contributed by atoms with van der Waals surface area (Å²) in [6.07, 6.45) is 0.841. The summed E-state index contributed by atoms with van der Waals surface area (Å²) >= 11 is 1.10. The molecule has 0 N–H and O–H groups in total. The Hall–Kier alpha value is -3.05. The van der Waals surface area contributed by atoms with Crippen molar-refractivity contribution in [3.63, 3.8) is 0 Å². The van der Waals surface area contributed by atoms with Crippen molar-refractivity contribution in [3.8, 4) is 22.4 Å². The first kappa shape index (κ1) is 20.7. The number of carbonyl (C=O) groups is 3. The van der Waals surface area contributed by atoms with Crippen LogP contribution in [0.15, 0.2) is 18.2 Å². The Bertz CT molecular complexity index is 1000. The zero-order valence-electron chi connectivity index (χ0n) is 16.5. The molecule has 0 atom stereocenters. The quantitative estimate of drug-likeness (QED) is 0.696. The summed E-state index contributed by atoms with van der Waals surface area (Å²) in [5, 5.41) is 9.99. The van der Waals surface area contributed by atoms with Crippen LogP contribution in [0.3, 0.4) is 0 Å². The van der Waals surface area contributed by atoms with E-state index < -0.39 is 17.7 Å². The largest absolute Gasteiger partial charge is 0.492 e. The average molecular weight is 411 g/mol. The molecular weight excluding hydrogens is 390 g/mol. The van der Waals surface area contributed by atoms with Crippen LogP contribution in [0.1, 0.15) is 54.0 Å². The molecule has 7 nitrogen and oxygen atoms in total. The lowest BCUT2D eigenvalue weighted by Gasteiger charge is -2.22. The van der Waals surface area contributed by atoms with E-state index in [4.69, 9.17) is 4.74 Å². The van der Waals surface area contributed by atoms with Gasteiger partial charge in [-0.2, -0.15) is 5.26 Å². The molecule has 1 aromatic heterocycles. The van der Waals surface area contributed by atoms with E-state index in [2.05, 4.69) is 11.1 Å². The molecule has 0 saturated carbocycles. The van der Waals surface area contributed by atoms with Gasteiger partial charge in [-0.3, -0.25) is 14.4 Å². The lowest BCUT2D eigenvalue weighted by atomic mass is 10.1. The molecule has 1 saturated heterocycles. The van der Waals surface area contributed by atoms with Gasteiger partial charge in [0, 0.05) is 18.4 Å². The Balaban J connectivity index is 1.90. The maximum absolute atomic E-state index is 12.8. The maximum Gasteiger partial charge on any atom is 0.279 e. The minimum Gasteiger partial charge on any atom is -0.492 e.